The fraction of sp³-hybridized carbons (Fsp3) is 0.267. The first-order valence-corrected chi connectivity index (χ1v) is 7.51. The Labute approximate surface area is 121 Å². The summed E-state index contributed by atoms with van der Waals surface area (Å²) in [6.07, 6.45) is 2.95. The number of nitrogens with one attached hydrogen (secondary N) is 1. The van der Waals surface area contributed by atoms with E-state index in [1.807, 2.05) is 24.3 Å². The minimum absolute atomic E-state index is 0.613. The normalized spacial score (nSPS) is 21.5. The molecule has 1 aromatic heterocycles. The molecule has 2 nitrogen and oxygen atoms in total. The van der Waals surface area contributed by atoms with Gasteiger partial charge in [0.15, 0.2) is 5.54 Å². The molecule has 1 aromatic carbocycles. The van der Waals surface area contributed by atoms with Crippen molar-refractivity contribution in [1.29, 1.82) is 5.26 Å². The lowest BCUT2D eigenvalue weighted by atomic mass is 9.81. The summed E-state index contributed by atoms with van der Waals surface area (Å²) >= 11 is 7.75. The van der Waals surface area contributed by atoms with Crippen molar-refractivity contribution in [2.75, 3.05) is 5.32 Å². The van der Waals surface area contributed by atoms with E-state index in [9.17, 15) is 5.26 Å². The number of nitriles is 1. The van der Waals surface area contributed by atoms with Crippen LogP contribution in [-0.4, -0.2) is 0 Å². The molecule has 0 radical (unpaired) electrons. The smallest absolute Gasteiger partial charge is 0.152 e. The predicted octanol–water partition coefficient (Wildman–Crippen LogP) is 4.57. The molecule has 1 aliphatic carbocycles. The number of hydrogen-bond donors (Lipinski definition) is 1. The van der Waals surface area contributed by atoms with Gasteiger partial charge in [0, 0.05) is 21.2 Å². The number of benzene rings is 1. The van der Waals surface area contributed by atoms with Crippen molar-refractivity contribution in [3.8, 4) is 6.07 Å². The number of halogens is 1. The van der Waals surface area contributed by atoms with E-state index in [0.29, 0.717) is 5.02 Å². The lowest BCUT2D eigenvalue weighted by molar-refractivity contribution is 0.511. The van der Waals surface area contributed by atoms with Gasteiger partial charge in [-0.1, -0.05) is 17.7 Å². The number of fused-ring (bicyclic) bond motifs is 1. The Morgan fingerprint density at radius 1 is 1.37 bits per heavy atom. The summed E-state index contributed by atoms with van der Waals surface area (Å²) in [5.41, 5.74) is 1.41. The van der Waals surface area contributed by atoms with E-state index < -0.39 is 5.54 Å². The van der Waals surface area contributed by atoms with Crippen LogP contribution in [0.25, 0.3) is 0 Å². The average molecular weight is 289 g/mol. The number of thiophene rings is 1. The minimum atomic E-state index is -0.613. The largest absolute Gasteiger partial charge is 0.364 e. The summed E-state index contributed by atoms with van der Waals surface area (Å²) in [6.45, 7) is 0. The summed E-state index contributed by atoms with van der Waals surface area (Å²) in [6, 6.07) is 12.1. The van der Waals surface area contributed by atoms with Crippen LogP contribution in [0.3, 0.4) is 0 Å². The van der Waals surface area contributed by atoms with Crippen molar-refractivity contribution in [3.05, 3.63) is 51.2 Å². The van der Waals surface area contributed by atoms with Crippen molar-refractivity contribution < 1.29 is 0 Å². The highest BCUT2D eigenvalue weighted by atomic mass is 35.5. The summed E-state index contributed by atoms with van der Waals surface area (Å²) in [7, 11) is 0. The SMILES string of the molecule is N#CC1(Nc2cccc(Cl)c2)CCCc2sccc21. The van der Waals surface area contributed by atoms with Crippen LogP contribution in [0.5, 0.6) is 0 Å². The van der Waals surface area contributed by atoms with Crippen molar-refractivity contribution in [1.82, 2.24) is 0 Å². The molecule has 0 saturated carbocycles. The van der Waals surface area contributed by atoms with Crippen molar-refractivity contribution in [3.63, 3.8) is 0 Å². The molecule has 1 atom stereocenters. The Hall–Kier alpha value is -1.50. The predicted molar refractivity (Wildman–Crippen MR) is 79.6 cm³/mol. The maximum Gasteiger partial charge on any atom is 0.152 e. The topological polar surface area (TPSA) is 35.8 Å². The lowest BCUT2D eigenvalue weighted by Gasteiger charge is -2.33. The number of rotatable bonds is 2. The first-order valence-electron chi connectivity index (χ1n) is 6.25. The number of anilines is 1. The maximum absolute atomic E-state index is 9.70. The van der Waals surface area contributed by atoms with Gasteiger partial charge in [0.25, 0.3) is 0 Å². The van der Waals surface area contributed by atoms with E-state index in [2.05, 4.69) is 22.8 Å². The Balaban J connectivity index is 2.01. The van der Waals surface area contributed by atoms with Gasteiger partial charge in [-0.2, -0.15) is 5.26 Å². The molecule has 1 N–H and O–H groups in total. The van der Waals surface area contributed by atoms with Crippen molar-refractivity contribution in [2.45, 2.75) is 24.8 Å². The second-order valence-corrected chi connectivity index (χ2v) is 6.20. The molecule has 4 heteroatoms. The van der Waals surface area contributed by atoms with E-state index in [-0.39, 0.29) is 0 Å². The molecule has 0 saturated heterocycles. The zero-order chi connectivity index (χ0) is 13.3. The van der Waals surface area contributed by atoms with E-state index >= 15 is 0 Å². The van der Waals surface area contributed by atoms with Crippen LogP contribution in [0.15, 0.2) is 35.7 Å². The lowest BCUT2D eigenvalue weighted by Crippen LogP contribution is -2.36. The number of hydrogen-bond acceptors (Lipinski definition) is 3. The van der Waals surface area contributed by atoms with E-state index in [0.717, 1.165) is 30.5 Å². The molecular weight excluding hydrogens is 276 g/mol. The summed E-state index contributed by atoms with van der Waals surface area (Å²) < 4.78 is 0. The Morgan fingerprint density at radius 3 is 3.05 bits per heavy atom. The second-order valence-electron chi connectivity index (χ2n) is 4.76. The van der Waals surface area contributed by atoms with Gasteiger partial charge in [-0.05, 0) is 48.9 Å². The van der Waals surface area contributed by atoms with Gasteiger partial charge in [-0.3, -0.25) is 0 Å². The van der Waals surface area contributed by atoms with Crippen LogP contribution in [0.4, 0.5) is 5.69 Å². The molecule has 1 unspecified atom stereocenters. The zero-order valence-electron chi connectivity index (χ0n) is 10.3. The highest BCUT2D eigenvalue weighted by Crippen LogP contribution is 2.40. The first-order chi connectivity index (χ1) is 9.23. The van der Waals surface area contributed by atoms with Gasteiger partial charge < -0.3 is 5.32 Å². The van der Waals surface area contributed by atoms with Gasteiger partial charge >= 0.3 is 0 Å². The molecule has 0 aliphatic heterocycles. The molecule has 19 heavy (non-hydrogen) atoms. The van der Waals surface area contributed by atoms with Gasteiger partial charge in [-0.25, -0.2) is 0 Å². The van der Waals surface area contributed by atoms with Crippen LogP contribution in [0.2, 0.25) is 5.02 Å². The third-order valence-electron chi connectivity index (χ3n) is 3.53. The maximum atomic E-state index is 9.70. The van der Waals surface area contributed by atoms with Crippen LogP contribution >= 0.6 is 22.9 Å². The quantitative estimate of drug-likeness (QED) is 0.879. The molecule has 0 fully saturated rings. The fourth-order valence-corrected chi connectivity index (χ4v) is 3.84. The third kappa shape index (κ3) is 2.22. The Morgan fingerprint density at radius 2 is 2.26 bits per heavy atom. The van der Waals surface area contributed by atoms with Gasteiger partial charge in [0.2, 0.25) is 0 Å². The molecule has 1 aliphatic rings. The highest BCUT2D eigenvalue weighted by Gasteiger charge is 2.37. The van der Waals surface area contributed by atoms with E-state index in [1.165, 1.54) is 4.88 Å². The van der Waals surface area contributed by atoms with Crippen LogP contribution in [0.1, 0.15) is 23.3 Å². The molecule has 0 bridgehead atoms. The van der Waals surface area contributed by atoms with E-state index in [1.54, 1.807) is 11.3 Å². The van der Waals surface area contributed by atoms with Crippen LogP contribution in [-0.2, 0) is 12.0 Å². The summed E-state index contributed by atoms with van der Waals surface area (Å²) in [5, 5.41) is 15.8. The highest BCUT2D eigenvalue weighted by molar-refractivity contribution is 7.10. The minimum Gasteiger partial charge on any atom is -0.364 e. The molecule has 1 heterocycles. The van der Waals surface area contributed by atoms with Crippen LogP contribution in [0, 0.1) is 11.3 Å². The Bertz CT molecular complexity index is 644. The first kappa shape index (κ1) is 12.5. The summed E-state index contributed by atoms with van der Waals surface area (Å²) in [4.78, 5) is 1.32. The molecule has 96 valence electrons. The monoisotopic (exact) mass is 288 g/mol. The standard InChI is InChI=1S/C15H13ClN2S/c16-11-3-1-4-12(9-11)18-15(10-17)7-2-5-14-13(15)6-8-19-14/h1,3-4,6,8-9,18H,2,5,7H2. The zero-order valence-corrected chi connectivity index (χ0v) is 11.9. The number of nitrogens with zero attached hydrogens (tertiary/aromatic N) is 1. The van der Waals surface area contributed by atoms with E-state index in [4.69, 9.17) is 11.6 Å². The van der Waals surface area contributed by atoms with Gasteiger partial charge in [0.05, 0.1) is 6.07 Å². The summed E-state index contributed by atoms with van der Waals surface area (Å²) in [5.74, 6) is 0. The number of aryl methyl sites for hydroxylation is 1. The molecule has 2 aromatic rings. The molecule has 0 amide bonds. The van der Waals surface area contributed by atoms with Gasteiger partial charge in [-0.15, -0.1) is 11.3 Å². The molecule has 3 rings (SSSR count). The third-order valence-corrected chi connectivity index (χ3v) is 4.75. The average Bonchev–Trinajstić information content (AvgIpc) is 2.88. The van der Waals surface area contributed by atoms with Crippen molar-refractivity contribution in [2.24, 2.45) is 0 Å². The van der Waals surface area contributed by atoms with Crippen molar-refractivity contribution >= 4 is 28.6 Å². The molecule has 0 spiro atoms. The Kier molecular flexibility index (Phi) is 3.22. The molecular formula is C15H13ClN2S. The fourth-order valence-electron chi connectivity index (χ4n) is 2.65. The second kappa shape index (κ2) is 4.88. The van der Waals surface area contributed by atoms with Gasteiger partial charge in [0.1, 0.15) is 0 Å². The van der Waals surface area contributed by atoms with Crippen LogP contribution < -0.4 is 5.32 Å².